The Labute approximate surface area is 95.6 Å². The summed E-state index contributed by atoms with van der Waals surface area (Å²) in [6, 6.07) is 10.8. The lowest BCUT2D eigenvalue weighted by atomic mass is 10.0. The van der Waals surface area contributed by atoms with Gasteiger partial charge in [0.2, 0.25) is 0 Å². The third-order valence-electron chi connectivity index (χ3n) is 3.66. The zero-order valence-electron chi connectivity index (χ0n) is 8.86. The fraction of sp³-hybridized carbons (Fsp3) is 0.538. The van der Waals surface area contributed by atoms with Crippen LogP contribution in [0.4, 0.5) is 0 Å². The Morgan fingerprint density at radius 2 is 1.67 bits per heavy atom. The Morgan fingerprint density at radius 1 is 1.00 bits per heavy atom. The monoisotopic (exact) mass is 219 g/mol. The zero-order chi connectivity index (χ0) is 10.1. The normalized spacial score (nSPS) is 30.7. The van der Waals surface area contributed by atoms with Crippen molar-refractivity contribution in [1.82, 2.24) is 5.32 Å². The Balaban J connectivity index is 1.62. The molecule has 1 heterocycles. The van der Waals surface area contributed by atoms with Crippen molar-refractivity contribution < 1.29 is 0 Å². The van der Waals surface area contributed by atoms with Crippen LogP contribution in [-0.2, 0) is 0 Å². The maximum atomic E-state index is 3.50. The van der Waals surface area contributed by atoms with Gasteiger partial charge in [0.25, 0.3) is 0 Å². The van der Waals surface area contributed by atoms with Crippen molar-refractivity contribution in [2.24, 2.45) is 11.8 Å². The van der Waals surface area contributed by atoms with E-state index in [4.69, 9.17) is 0 Å². The molecule has 1 aromatic carbocycles. The molecule has 1 aliphatic heterocycles. The van der Waals surface area contributed by atoms with E-state index in [9.17, 15) is 0 Å². The van der Waals surface area contributed by atoms with Crippen molar-refractivity contribution in [1.29, 1.82) is 0 Å². The Bertz CT molecular complexity index is 313. The number of thioether (sulfide) groups is 1. The van der Waals surface area contributed by atoms with Crippen molar-refractivity contribution >= 4 is 11.8 Å². The first kappa shape index (κ1) is 9.73. The molecule has 0 aromatic heterocycles. The lowest BCUT2D eigenvalue weighted by Crippen LogP contribution is -2.12. The van der Waals surface area contributed by atoms with Crippen LogP contribution in [0, 0.1) is 11.8 Å². The number of nitrogens with one attached hydrogen (secondary N) is 1. The molecule has 0 spiro atoms. The summed E-state index contributed by atoms with van der Waals surface area (Å²) in [6.07, 6.45) is 2.83. The summed E-state index contributed by atoms with van der Waals surface area (Å²) in [7, 11) is 0. The minimum atomic E-state index is 0.865. The van der Waals surface area contributed by atoms with Crippen LogP contribution in [0.5, 0.6) is 0 Å². The van der Waals surface area contributed by atoms with E-state index >= 15 is 0 Å². The molecule has 3 rings (SSSR count). The minimum absolute atomic E-state index is 0.865. The highest BCUT2D eigenvalue weighted by atomic mass is 32.2. The molecule has 15 heavy (non-hydrogen) atoms. The van der Waals surface area contributed by atoms with Gasteiger partial charge in [0, 0.05) is 10.1 Å². The lowest BCUT2D eigenvalue weighted by Gasteiger charge is -2.10. The summed E-state index contributed by atoms with van der Waals surface area (Å²) >= 11 is 2.08. The number of benzene rings is 1. The molecule has 2 aliphatic rings. The first-order valence-corrected chi connectivity index (χ1v) is 6.72. The number of hydrogen-bond acceptors (Lipinski definition) is 2. The van der Waals surface area contributed by atoms with Gasteiger partial charge in [-0.15, -0.1) is 11.8 Å². The van der Waals surface area contributed by atoms with Gasteiger partial charge in [-0.3, -0.25) is 0 Å². The van der Waals surface area contributed by atoms with Crippen molar-refractivity contribution in [2.75, 3.05) is 13.1 Å². The third kappa shape index (κ3) is 2.06. The first-order chi connectivity index (χ1) is 7.42. The first-order valence-electron chi connectivity index (χ1n) is 5.84. The average Bonchev–Trinajstić information content (AvgIpc) is 2.79. The summed E-state index contributed by atoms with van der Waals surface area (Å²) in [4.78, 5) is 1.44. The van der Waals surface area contributed by atoms with E-state index in [0.717, 1.165) is 17.1 Å². The quantitative estimate of drug-likeness (QED) is 0.821. The molecule has 1 N–H and O–H groups in total. The van der Waals surface area contributed by atoms with Crippen LogP contribution in [0.15, 0.2) is 35.2 Å². The highest BCUT2D eigenvalue weighted by Gasteiger charge is 2.37. The smallest absolute Gasteiger partial charge is 0.0101 e. The Morgan fingerprint density at radius 3 is 2.33 bits per heavy atom. The fourth-order valence-electron chi connectivity index (χ4n) is 2.90. The van der Waals surface area contributed by atoms with Gasteiger partial charge in [-0.25, -0.2) is 0 Å². The van der Waals surface area contributed by atoms with E-state index in [1.807, 2.05) is 0 Å². The second-order valence-corrected chi connectivity index (χ2v) is 6.08. The molecule has 1 saturated carbocycles. The van der Waals surface area contributed by atoms with E-state index in [1.165, 1.54) is 30.8 Å². The number of rotatable bonds is 2. The van der Waals surface area contributed by atoms with Crippen LogP contribution in [0.1, 0.15) is 12.8 Å². The second-order valence-electron chi connectivity index (χ2n) is 4.70. The van der Waals surface area contributed by atoms with Gasteiger partial charge >= 0.3 is 0 Å². The van der Waals surface area contributed by atoms with Crippen LogP contribution < -0.4 is 5.32 Å². The van der Waals surface area contributed by atoms with E-state index in [0.29, 0.717) is 0 Å². The molecule has 2 fully saturated rings. The third-order valence-corrected chi connectivity index (χ3v) is 4.92. The van der Waals surface area contributed by atoms with E-state index < -0.39 is 0 Å². The summed E-state index contributed by atoms with van der Waals surface area (Å²) in [5.41, 5.74) is 0. The molecule has 1 aliphatic carbocycles. The molecule has 1 nitrogen and oxygen atoms in total. The predicted molar refractivity (Wildman–Crippen MR) is 65.2 cm³/mol. The van der Waals surface area contributed by atoms with Crippen LogP contribution in [0.2, 0.25) is 0 Å². The van der Waals surface area contributed by atoms with Crippen molar-refractivity contribution in [3.8, 4) is 0 Å². The van der Waals surface area contributed by atoms with Crippen LogP contribution in [-0.4, -0.2) is 18.3 Å². The van der Waals surface area contributed by atoms with Crippen LogP contribution in [0.3, 0.4) is 0 Å². The average molecular weight is 219 g/mol. The van der Waals surface area contributed by atoms with Crippen LogP contribution in [0.25, 0.3) is 0 Å². The largest absolute Gasteiger partial charge is 0.316 e. The predicted octanol–water partition coefficient (Wildman–Crippen LogP) is 2.78. The van der Waals surface area contributed by atoms with Gasteiger partial charge in [-0.1, -0.05) is 18.2 Å². The summed E-state index contributed by atoms with van der Waals surface area (Å²) in [5, 5.41) is 4.36. The van der Waals surface area contributed by atoms with Gasteiger partial charge in [-0.2, -0.15) is 0 Å². The lowest BCUT2D eigenvalue weighted by molar-refractivity contribution is 0.494. The molecule has 0 amide bonds. The molecule has 2 heteroatoms. The fourth-order valence-corrected chi connectivity index (χ4v) is 4.28. The van der Waals surface area contributed by atoms with Crippen molar-refractivity contribution in [3.63, 3.8) is 0 Å². The second kappa shape index (κ2) is 4.18. The van der Waals surface area contributed by atoms with E-state index in [-0.39, 0.29) is 0 Å². The maximum absolute atomic E-state index is 3.50. The SMILES string of the molecule is c1ccc(SC2C[C@@H]3CNC[C@H]3C2)cc1. The van der Waals surface area contributed by atoms with E-state index in [2.05, 4.69) is 47.4 Å². The number of hydrogen-bond donors (Lipinski definition) is 1. The molecule has 0 bridgehead atoms. The van der Waals surface area contributed by atoms with Crippen molar-refractivity contribution in [2.45, 2.75) is 23.0 Å². The highest BCUT2D eigenvalue weighted by Crippen LogP contribution is 2.42. The van der Waals surface area contributed by atoms with Gasteiger partial charge in [0.05, 0.1) is 0 Å². The summed E-state index contributed by atoms with van der Waals surface area (Å²) in [6.45, 7) is 2.52. The molecular formula is C13H17NS. The molecule has 2 atom stereocenters. The van der Waals surface area contributed by atoms with E-state index in [1.54, 1.807) is 0 Å². The molecule has 1 saturated heterocycles. The van der Waals surface area contributed by atoms with Gasteiger partial charge < -0.3 is 5.32 Å². The maximum Gasteiger partial charge on any atom is 0.0101 e. The number of fused-ring (bicyclic) bond motifs is 1. The Kier molecular flexibility index (Phi) is 2.72. The highest BCUT2D eigenvalue weighted by molar-refractivity contribution is 8.00. The van der Waals surface area contributed by atoms with Gasteiger partial charge in [0.1, 0.15) is 0 Å². The molecule has 0 unspecified atom stereocenters. The Hall–Kier alpha value is -0.470. The summed E-state index contributed by atoms with van der Waals surface area (Å²) < 4.78 is 0. The minimum Gasteiger partial charge on any atom is -0.316 e. The molecule has 0 radical (unpaired) electrons. The topological polar surface area (TPSA) is 12.0 Å². The van der Waals surface area contributed by atoms with Crippen molar-refractivity contribution in [3.05, 3.63) is 30.3 Å². The zero-order valence-corrected chi connectivity index (χ0v) is 9.67. The molecular weight excluding hydrogens is 202 g/mol. The van der Waals surface area contributed by atoms with Gasteiger partial charge in [-0.05, 0) is 49.9 Å². The molecule has 80 valence electrons. The standard InChI is InChI=1S/C13H17NS/c1-2-4-12(5-3-1)15-13-6-10-8-14-9-11(10)7-13/h1-5,10-11,13-14H,6-9H2/t10-,11-/m1/s1. The summed E-state index contributed by atoms with van der Waals surface area (Å²) in [5.74, 6) is 1.93. The van der Waals surface area contributed by atoms with Gasteiger partial charge in [0.15, 0.2) is 0 Å². The molecule has 1 aromatic rings. The van der Waals surface area contributed by atoms with Crippen LogP contribution >= 0.6 is 11.8 Å².